The fourth-order valence-electron chi connectivity index (χ4n) is 1.14. The zero-order valence-corrected chi connectivity index (χ0v) is 10.3. The molecule has 0 radical (unpaired) electrons. The number of rotatable bonds is 2. The highest BCUT2D eigenvalue weighted by Gasteiger charge is 2.11. The van der Waals surface area contributed by atoms with Crippen molar-refractivity contribution in [1.82, 2.24) is 19.9 Å². The number of anilines is 1. The van der Waals surface area contributed by atoms with Crippen molar-refractivity contribution >= 4 is 27.7 Å². The summed E-state index contributed by atoms with van der Waals surface area (Å²) in [7, 11) is 0. The highest BCUT2D eigenvalue weighted by molar-refractivity contribution is 9.10. The van der Waals surface area contributed by atoms with Gasteiger partial charge < -0.3 is 10.3 Å². The van der Waals surface area contributed by atoms with E-state index in [1.54, 1.807) is 0 Å². The normalized spacial score (nSPS) is 10.1. The van der Waals surface area contributed by atoms with E-state index in [-0.39, 0.29) is 11.4 Å². The van der Waals surface area contributed by atoms with Crippen molar-refractivity contribution in [2.24, 2.45) is 0 Å². The van der Waals surface area contributed by atoms with Crippen molar-refractivity contribution in [2.45, 2.75) is 0 Å². The van der Waals surface area contributed by atoms with Gasteiger partial charge in [0.25, 0.3) is 11.5 Å². The topological polar surface area (TPSA) is 121 Å². The summed E-state index contributed by atoms with van der Waals surface area (Å²) in [6, 6.07) is 0. The molecule has 0 spiro atoms. The predicted octanol–water partition coefficient (Wildman–Crippen LogP) is -0.132. The van der Waals surface area contributed by atoms with E-state index in [0.717, 1.165) is 6.20 Å². The van der Waals surface area contributed by atoms with Gasteiger partial charge in [0.1, 0.15) is 10.2 Å². The van der Waals surface area contributed by atoms with Crippen LogP contribution in [0.2, 0.25) is 0 Å². The number of nitrogens with one attached hydrogen (secondary N) is 3. The number of amides is 1. The SMILES string of the molecule is O=C(Nc1cnc(Br)cn1)c1c[nH]c(=O)[nH]c1=O. The Balaban J connectivity index is 2.24. The van der Waals surface area contributed by atoms with Crippen LogP contribution in [0.1, 0.15) is 10.4 Å². The first kappa shape index (κ1) is 12.2. The molecule has 0 fully saturated rings. The van der Waals surface area contributed by atoms with Gasteiger partial charge in [0.2, 0.25) is 0 Å². The molecule has 0 unspecified atom stereocenters. The third-order valence-corrected chi connectivity index (χ3v) is 2.34. The number of carbonyl (C=O) groups excluding carboxylic acids is 1. The molecule has 18 heavy (non-hydrogen) atoms. The standard InChI is InChI=1S/C9H6BrN5O3/c10-5-2-12-6(3-11-5)14-7(16)4-1-13-9(18)15-8(4)17/h1-3H,(H,12,14,16)(H2,13,15,17,18). The maximum absolute atomic E-state index is 11.7. The summed E-state index contributed by atoms with van der Waals surface area (Å²) in [4.78, 5) is 45.7. The van der Waals surface area contributed by atoms with Crippen LogP contribution >= 0.6 is 15.9 Å². The van der Waals surface area contributed by atoms with Gasteiger partial charge in [0, 0.05) is 6.20 Å². The number of H-pyrrole nitrogens is 2. The molecule has 92 valence electrons. The van der Waals surface area contributed by atoms with E-state index in [1.165, 1.54) is 12.4 Å². The molecule has 2 rings (SSSR count). The van der Waals surface area contributed by atoms with Crippen molar-refractivity contribution in [3.8, 4) is 0 Å². The van der Waals surface area contributed by atoms with Crippen molar-refractivity contribution in [2.75, 3.05) is 5.32 Å². The number of hydrogen-bond acceptors (Lipinski definition) is 5. The maximum atomic E-state index is 11.7. The number of hydrogen-bond donors (Lipinski definition) is 3. The Kier molecular flexibility index (Phi) is 3.33. The zero-order chi connectivity index (χ0) is 13.1. The summed E-state index contributed by atoms with van der Waals surface area (Å²) >= 11 is 3.10. The van der Waals surface area contributed by atoms with E-state index in [9.17, 15) is 14.4 Å². The number of aromatic amines is 2. The van der Waals surface area contributed by atoms with Crippen LogP contribution in [0, 0.1) is 0 Å². The molecule has 0 aliphatic rings. The highest BCUT2D eigenvalue weighted by atomic mass is 79.9. The Morgan fingerprint density at radius 3 is 2.67 bits per heavy atom. The number of nitrogens with zero attached hydrogens (tertiary/aromatic N) is 2. The Hall–Kier alpha value is -2.29. The average Bonchev–Trinajstić information content (AvgIpc) is 2.32. The zero-order valence-electron chi connectivity index (χ0n) is 8.73. The molecule has 3 N–H and O–H groups in total. The monoisotopic (exact) mass is 311 g/mol. The average molecular weight is 312 g/mol. The van der Waals surface area contributed by atoms with Crippen molar-refractivity contribution in [3.63, 3.8) is 0 Å². The van der Waals surface area contributed by atoms with E-state index < -0.39 is 17.2 Å². The molecule has 0 aromatic carbocycles. The first-order valence-corrected chi connectivity index (χ1v) is 5.46. The van der Waals surface area contributed by atoms with Crippen LogP contribution in [0.3, 0.4) is 0 Å². The van der Waals surface area contributed by atoms with Crippen molar-refractivity contribution in [1.29, 1.82) is 0 Å². The van der Waals surface area contributed by atoms with Crippen LogP contribution in [0.4, 0.5) is 5.82 Å². The Morgan fingerprint density at radius 2 is 2.06 bits per heavy atom. The summed E-state index contributed by atoms with van der Waals surface area (Å²) in [5, 5.41) is 2.37. The molecule has 8 nitrogen and oxygen atoms in total. The second kappa shape index (κ2) is 4.92. The van der Waals surface area contributed by atoms with Crippen LogP contribution in [0.25, 0.3) is 0 Å². The second-order valence-corrected chi connectivity index (χ2v) is 3.98. The molecule has 2 heterocycles. The van der Waals surface area contributed by atoms with Gasteiger partial charge in [-0.05, 0) is 15.9 Å². The van der Waals surface area contributed by atoms with E-state index >= 15 is 0 Å². The molecule has 0 saturated heterocycles. The quantitative estimate of drug-likeness (QED) is 0.713. The summed E-state index contributed by atoms with van der Waals surface area (Å²) in [5.74, 6) is -0.502. The molecule has 2 aromatic heterocycles. The molecule has 0 aliphatic carbocycles. The minimum Gasteiger partial charge on any atom is -0.313 e. The fourth-order valence-corrected chi connectivity index (χ4v) is 1.34. The maximum Gasteiger partial charge on any atom is 0.325 e. The van der Waals surface area contributed by atoms with Crippen LogP contribution in [0.5, 0.6) is 0 Å². The van der Waals surface area contributed by atoms with Gasteiger partial charge in [-0.3, -0.25) is 14.6 Å². The lowest BCUT2D eigenvalue weighted by Gasteiger charge is -2.02. The van der Waals surface area contributed by atoms with Gasteiger partial charge >= 0.3 is 5.69 Å². The minimum absolute atomic E-state index is 0.189. The molecule has 1 amide bonds. The molecule has 2 aromatic rings. The molecule has 0 aliphatic heterocycles. The van der Waals surface area contributed by atoms with Crippen LogP contribution in [-0.4, -0.2) is 25.8 Å². The minimum atomic E-state index is -0.777. The van der Waals surface area contributed by atoms with E-state index in [1.807, 2.05) is 4.98 Å². The van der Waals surface area contributed by atoms with Crippen molar-refractivity contribution < 1.29 is 4.79 Å². The van der Waals surface area contributed by atoms with Crippen LogP contribution in [-0.2, 0) is 0 Å². The molecule has 0 atom stereocenters. The lowest BCUT2D eigenvalue weighted by atomic mass is 10.3. The molecule has 0 bridgehead atoms. The molecular formula is C9H6BrN5O3. The summed E-state index contributed by atoms with van der Waals surface area (Å²) in [6.45, 7) is 0. The van der Waals surface area contributed by atoms with Gasteiger partial charge in [-0.1, -0.05) is 0 Å². The Labute approximate surface area is 108 Å². The van der Waals surface area contributed by atoms with Crippen LogP contribution < -0.4 is 16.6 Å². The van der Waals surface area contributed by atoms with Gasteiger partial charge in [-0.25, -0.2) is 14.8 Å². The first-order valence-electron chi connectivity index (χ1n) is 4.67. The van der Waals surface area contributed by atoms with E-state index in [2.05, 4.69) is 36.2 Å². The third kappa shape index (κ3) is 2.69. The van der Waals surface area contributed by atoms with Gasteiger partial charge in [-0.2, -0.15) is 0 Å². The largest absolute Gasteiger partial charge is 0.325 e. The van der Waals surface area contributed by atoms with Gasteiger partial charge in [0.15, 0.2) is 5.82 Å². The molecule has 9 heteroatoms. The smallest absolute Gasteiger partial charge is 0.313 e. The highest BCUT2D eigenvalue weighted by Crippen LogP contribution is 2.06. The number of carbonyl (C=O) groups is 1. The second-order valence-electron chi connectivity index (χ2n) is 3.16. The Morgan fingerprint density at radius 1 is 1.28 bits per heavy atom. The molecular weight excluding hydrogens is 306 g/mol. The van der Waals surface area contributed by atoms with E-state index in [0.29, 0.717) is 4.60 Å². The summed E-state index contributed by atoms with van der Waals surface area (Å²) < 4.78 is 0.516. The van der Waals surface area contributed by atoms with Crippen molar-refractivity contribution in [3.05, 3.63) is 49.6 Å². The third-order valence-electron chi connectivity index (χ3n) is 1.93. The Bertz CT molecular complexity index is 690. The first-order chi connectivity index (χ1) is 8.56. The number of aromatic nitrogens is 4. The predicted molar refractivity (Wildman–Crippen MR) is 65.4 cm³/mol. The van der Waals surface area contributed by atoms with Gasteiger partial charge in [-0.15, -0.1) is 0 Å². The lowest BCUT2D eigenvalue weighted by Crippen LogP contribution is -2.29. The van der Waals surface area contributed by atoms with Crippen LogP contribution in [0.15, 0.2) is 32.8 Å². The van der Waals surface area contributed by atoms with E-state index in [4.69, 9.17) is 0 Å². The number of halogens is 1. The molecule has 0 saturated carbocycles. The summed E-state index contributed by atoms with van der Waals surface area (Å²) in [6.07, 6.45) is 3.75. The lowest BCUT2D eigenvalue weighted by molar-refractivity contribution is 0.102. The van der Waals surface area contributed by atoms with Gasteiger partial charge in [0.05, 0.1) is 12.4 Å². The fraction of sp³-hybridized carbons (Fsp3) is 0. The summed E-state index contributed by atoms with van der Waals surface area (Å²) in [5.41, 5.74) is -1.68.